The second-order valence-corrected chi connectivity index (χ2v) is 3.82. The molecule has 0 saturated carbocycles. The molecule has 2 aromatic rings. The van der Waals surface area contributed by atoms with Crippen molar-refractivity contribution in [2.24, 2.45) is 7.05 Å². The number of benzene rings is 1. The predicted molar refractivity (Wildman–Crippen MR) is 67.6 cm³/mol. The summed E-state index contributed by atoms with van der Waals surface area (Å²) in [7, 11) is 1.99. The number of imidazole rings is 1. The first-order valence-corrected chi connectivity index (χ1v) is 5.53. The first-order chi connectivity index (χ1) is 8.22. The lowest BCUT2D eigenvalue weighted by molar-refractivity contribution is -0.116. The van der Waals surface area contributed by atoms with E-state index in [2.05, 4.69) is 21.4 Å². The van der Waals surface area contributed by atoms with E-state index in [0.717, 1.165) is 16.9 Å². The molecule has 1 aromatic heterocycles. The zero-order valence-corrected chi connectivity index (χ0v) is 9.81. The highest BCUT2D eigenvalue weighted by molar-refractivity contribution is 5.86. The van der Waals surface area contributed by atoms with E-state index in [0.29, 0.717) is 13.0 Å². The molecule has 1 aromatic carbocycles. The average Bonchev–Trinajstić information content (AvgIpc) is 2.67. The van der Waals surface area contributed by atoms with Crippen LogP contribution in [0.25, 0.3) is 11.0 Å². The Morgan fingerprint density at radius 1 is 1.53 bits per heavy atom. The molecule has 0 aliphatic rings. The number of nitrogens with zero attached hydrogens (tertiary/aromatic N) is 2. The Kier molecular flexibility index (Phi) is 3.23. The van der Waals surface area contributed by atoms with Crippen molar-refractivity contribution < 1.29 is 4.79 Å². The summed E-state index contributed by atoms with van der Waals surface area (Å²) >= 11 is 0. The number of amides is 1. The molecule has 0 radical (unpaired) electrons. The van der Waals surface area contributed by atoms with Gasteiger partial charge in [-0.15, -0.1) is 0 Å². The quantitative estimate of drug-likeness (QED) is 0.806. The van der Waals surface area contributed by atoms with Crippen LogP contribution in [0.4, 0.5) is 0 Å². The van der Waals surface area contributed by atoms with E-state index in [-0.39, 0.29) is 5.91 Å². The van der Waals surface area contributed by atoms with Crippen LogP contribution >= 0.6 is 0 Å². The molecule has 0 aliphatic heterocycles. The number of rotatable bonds is 4. The summed E-state index contributed by atoms with van der Waals surface area (Å²) in [6.07, 6.45) is 1.99. The van der Waals surface area contributed by atoms with Crippen molar-refractivity contribution in [1.29, 1.82) is 0 Å². The summed E-state index contributed by atoms with van der Waals surface area (Å²) in [4.78, 5) is 15.5. The molecule has 88 valence electrons. The van der Waals surface area contributed by atoms with Crippen molar-refractivity contribution in [3.63, 3.8) is 0 Å². The number of fused-ring (bicyclic) bond motifs is 1. The maximum absolute atomic E-state index is 11.0. The topological polar surface area (TPSA) is 46.9 Å². The number of hydrogen-bond acceptors (Lipinski definition) is 2. The zero-order valence-electron chi connectivity index (χ0n) is 9.81. The number of aromatic nitrogens is 2. The zero-order chi connectivity index (χ0) is 12.3. The summed E-state index contributed by atoms with van der Waals surface area (Å²) in [5, 5.41) is 2.74. The minimum absolute atomic E-state index is 0.149. The maximum Gasteiger partial charge on any atom is 0.243 e. The van der Waals surface area contributed by atoms with Crippen LogP contribution in [0.3, 0.4) is 0 Å². The highest BCUT2D eigenvalue weighted by Gasteiger charge is 2.06. The Bertz CT molecular complexity index is 557. The van der Waals surface area contributed by atoms with Gasteiger partial charge in [0, 0.05) is 20.0 Å². The summed E-state index contributed by atoms with van der Waals surface area (Å²) in [6, 6.07) is 7.99. The largest absolute Gasteiger partial charge is 0.352 e. The average molecular weight is 229 g/mol. The Hall–Kier alpha value is -2.10. The molecule has 0 atom stereocenters. The predicted octanol–water partition coefficient (Wildman–Crippen LogP) is 1.42. The van der Waals surface area contributed by atoms with Gasteiger partial charge in [0.15, 0.2) is 0 Å². The lowest BCUT2D eigenvalue weighted by Gasteiger charge is -2.03. The van der Waals surface area contributed by atoms with Crippen molar-refractivity contribution in [2.75, 3.05) is 6.54 Å². The minimum atomic E-state index is -0.149. The van der Waals surface area contributed by atoms with Gasteiger partial charge in [0.25, 0.3) is 0 Å². The lowest BCUT2D eigenvalue weighted by Crippen LogP contribution is -2.24. The second-order valence-electron chi connectivity index (χ2n) is 3.82. The molecular weight excluding hydrogens is 214 g/mol. The number of carbonyl (C=O) groups is 1. The van der Waals surface area contributed by atoms with Crippen LogP contribution in [0.15, 0.2) is 36.9 Å². The molecule has 0 aliphatic carbocycles. The van der Waals surface area contributed by atoms with Crippen molar-refractivity contribution in [3.8, 4) is 0 Å². The normalized spacial score (nSPS) is 10.4. The van der Waals surface area contributed by atoms with Gasteiger partial charge in [-0.05, 0) is 18.2 Å². The van der Waals surface area contributed by atoms with Crippen molar-refractivity contribution in [2.45, 2.75) is 6.42 Å². The van der Waals surface area contributed by atoms with Crippen LogP contribution in [-0.4, -0.2) is 22.0 Å². The van der Waals surface area contributed by atoms with E-state index in [4.69, 9.17) is 0 Å². The molecule has 0 bridgehead atoms. The van der Waals surface area contributed by atoms with Gasteiger partial charge in [0.1, 0.15) is 5.82 Å². The number of para-hydroxylation sites is 2. The van der Waals surface area contributed by atoms with Crippen LogP contribution in [0.1, 0.15) is 5.82 Å². The van der Waals surface area contributed by atoms with Crippen LogP contribution in [0.5, 0.6) is 0 Å². The van der Waals surface area contributed by atoms with E-state index in [9.17, 15) is 4.79 Å². The molecule has 0 fully saturated rings. The second kappa shape index (κ2) is 4.82. The number of nitrogens with one attached hydrogen (secondary N) is 1. The molecule has 1 N–H and O–H groups in total. The molecule has 0 saturated heterocycles. The van der Waals surface area contributed by atoms with Crippen molar-refractivity contribution in [3.05, 3.63) is 42.7 Å². The van der Waals surface area contributed by atoms with E-state index < -0.39 is 0 Å². The Morgan fingerprint density at radius 3 is 3.00 bits per heavy atom. The molecule has 4 nitrogen and oxygen atoms in total. The minimum Gasteiger partial charge on any atom is -0.352 e. The molecule has 1 amide bonds. The van der Waals surface area contributed by atoms with E-state index in [1.54, 1.807) is 0 Å². The number of carbonyl (C=O) groups excluding carboxylic acids is 1. The fraction of sp³-hybridized carbons (Fsp3) is 0.231. The van der Waals surface area contributed by atoms with Crippen LogP contribution < -0.4 is 5.32 Å². The first-order valence-electron chi connectivity index (χ1n) is 5.53. The standard InChI is InChI=1S/C13H15N3O/c1-3-13(17)14-9-8-12-15-10-6-4-5-7-11(10)16(12)2/h3-7H,1,8-9H2,2H3,(H,14,17). The maximum atomic E-state index is 11.0. The number of aryl methyl sites for hydroxylation is 1. The van der Waals surface area contributed by atoms with Crippen molar-refractivity contribution in [1.82, 2.24) is 14.9 Å². The molecule has 2 rings (SSSR count). The molecular formula is C13H15N3O. The van der Waals surface area contributed by atoms with Gasteiger partial charge in [-0.3, -0.25) is 4.79 Å². The molecule has 4 heteroatoms. The van der Waals surface area contributed by atoms with Gasteiger partial charge in [-0.25, -0.2) is 4.98 Å². The smallest absolute Gasteiger partial charge is 0.243 e. The van der Waals surface area contributed by atoms with Gasteiger partial charge >= 0.3 is 0 Å². The first kappa shape index (κ1) is 11.4. The highest BCUT2D eigenvalue weighted by atomic mass is 16.1. The lowest BCUT2D eigenvalue weighted by atomic mass is 10.3. The van der Waals surface area contributed by atoms with Gasteiger partial charge < -0.3 is 9.88 Å². The van der Waals surface area contributed by atoms with Crippen LogP contribution in [0.2, 0.25) is 0 Å². The Labute approximate surface area is 100.0 Å². The van der Waals surface area contributed by atoms with Gasteiger partial charge in [0.05, 0.1) is 11.0 Å². The van der Waals surface area contributed by atoms with E-state index in [1.165, 1.54) is 6.08 Å². The molecule has 0 spiro atoms. The van der Waals surface area contributed by atoms with E-state index >= 15 is 0 Å². The molecule has 0 unspecified atom stereocenters. The van der Waals surface area contributed by atoms with Crippen LogP contribution in [0, 0.1) is 0 Å². The van der Waals surface area contributed by atoms with Gasteiger partial charge in [-0.1, -0.05) is 18.7 Å². The summed E-state index contributed by atoms with van der Waals surface area (Å²) in [6.45, 7) is 3.98. The third-order valence-electron chi connectivity index (χ3n) is 2.71. The van der Waals surface area contributed by atoms with Crippen LogP contribution in [-0.2, 0) is 18.3 Å². The van der Waals surface area contributed by atoms with Gasteiger partial charge in [0.2, 0.25) is 5.91 Å². The fourth-order valence-corrected chi connectivity index (χ4v) is 1.79. The SMILES string of the molecule is C=CC(=O)NCCc1nc2ccccc2n1C. The Morgan fingerprint density at radius 2 is 2.29 bits per heavy atom. The molecule has 17 heavy (non-hydrogen) atoms. The fourth-order valence-electron chi connectivity index (χ4n) is 1.79. The summed E-state index contributed by atoms with van der Waals surface area (Å²) < 4.78 is 2.05. The molecule has 1 heterocycles. The van der Waals surface area contributed by atoms with Gasteiger partial charge in [-0.2, -0.15) is 0 Å². The highest BCUT2D eigenvalue weighted by Crippen LogP contribution is 2.14. The van der Waals surface area contributed by atoms with Crippen molar-refractivity contribution >= 4 is 16.9 Å². The third kappa shape index (κ3) is 2.36. The monoisotopic (exact) mass is 229 g/mol. The van der Waals surface area contributed by atoms with E-state index in [1.807, 2.05) is 31.3 Å². The Balaban J connectivity index is 2.11. The summed E-state index contributed by atoms with van der Waals surface area (Å²) in [5.41, 5.74) is 2.09. The number of hydrogen-bond donors (Lipinski definition) is 1. The summed E-state index contributed by atoms with van der Waals surface area (Å²) in [5.74, 6) is 0.819. The third-order valence-corrected chi connectivity index (χ3v) is 2.71.